The Morgan fingerprint density at radius 2 is 1.51 bits per heavy atom. The normalized spacial score (nSPS) is 52.2. The van der Waals surface area contributed by atoms with Gasteiger partial charge in [-0.1, -0.05) is 62.8 Å². The zero-order valence-corrected chi connectivity index (χ0v) is 24.5. The van der Waals surface area contributed by atoms with Gasteiger partial charge in [0.05, 0.1) is 6.10 Å². The van der Waals surface area contributed by atoms with Crippen LogP contribution in [0.1, 0.15) is 135 Å². The highest BCUT2D eigenvalue weighted by molar-refractivity contribution is 5.85. The Balaban J connectivity index is 0.00000169. The first-order valence-corrected chi connectivity index (χ1v) is 14.8. The van der Waals surface area contributed by atoms with Gasteiger partial charge < -0.3 is 5.11 Å². The quantitative estimate of drug-likeness (QED) is 0.381. The molecule has 0 saturated heterocycles. The summed E-state index contributed by atoms with van der Waals surface area (Å²) in [7, 11) is 0. The van der Waals surface area contributed by atoms with Gasteiger partial charge in [-0.05, 0) is 103 Å². The van der Waals surface area contributed by atoms with Crippen molar-refractivity contribution in [1.82, 2.24) is 0 Å². The van der Waals surface area contributed by atoms with Gasteiger partial charge in [-0.2, -0.15) is 0 Å². The van der Waals surface area contributed by atoms with E-state index >= 15 is 0 Å². The molecule has 4 heteroatoms. The highest BCUT2D eigenvalue weighted by atomic mass is 16.3. The molecule has 5 rings (SSSR count). The van der Waals surface area contributed by atoms with Crippen LogP contribution in [0.4, 0.5) is 0 Å². The molecule has 3 radical (unpaired) electrons. The number of Topliss-reactive ketones (excluding diaryl/α,β-unsaturated/α-hetero) is 2. The van der Waals surface area contributed by atoms with Crippen LogP contribution in [0.3, 0.4) is 0 Å². The fourth-order valence-electron chi connectivity index (χ4n) is 11.6. The average molecular weight is 515 g/mol. The second-order valence-corrected chi connectivity index (χ2v) is 15.8. The predicted octanol–water partition coefficient (Wildman–Crippen LogP) is 7.89. The van der Waals surface area contributed by atoms with Crippen LogP contribution in [0.25, 0.3) is 0 Å². The summed E-state index contributed by atoms with van der Waals surface area (Å²) in [5.41, 5.74) is 0.0202. The third kappa shape index (κ3) is 3.83. The largest absolute Gasteiger partial charge is 0.393 e. The fourth-order valence-corrected chi connectivity index (χ4v) is 11.6. The number of carbonyl (C=O) groups excluding carboxylic acids is 2. The van der Waals surface area contributed by atoms with Crippen LogP contribution in [0.2, 0.25) is 0 Å². The lowest BCUT2D eigenvalue weighted by Gasteiger charge is -2.72. The zero-order valence-electron chi connectivity index (χ0n) is 24.5. The number of aliphatic hydroxyl groups excluding tert-OH is 1. The highest BCUT2D eigenvalue weighted by Crippen LogP contribution is 2.76. The first-order chi connectivity index (χ1) is 16.1. The summed E-state index contributed by atoms with van der Waals surface area (Å²) >= 11 is 0. The van der Waals surface area contributed by atoms with Crippen molar-refractivity contribution in [2.24, 2.45) is 56.2 Å². The van der Waals surface area contributed by atoms with Gasteiger partial charge in [0.2, 0.25) is 0 Å². The number of ketones is 2. The van der Waals surface area contributed by atoms with Gasteiger partial charge in [0.25, 0.3) is 0 Å². The topological polar surface area (TPSA) is 54.4 Å². The van der Waals surface area contributed by atoms with Crippen molar-refractivity contribution in [2.45, 2.75) is 140 Å². The molecule has 1 unspecified atom stereocenters. The molecule has 1 N–H and O–H groups in total. The number of aliphatic hydroxyl groups is 1. The Kier molecular flexibility index (Phi) is 7.69. The van der Waals surface area contributed by atoms with Crippen LogP contribution in [0, 0.1) is 56.2 Å². The summed E-state index contributed by atoms with van der Waals surface area (Å²) in [4.78, 5) is 27.4. The molecule has 0 aromatic heterocycles. The minimum absolute atomic E-state index is 0. The molecule has 0 aromatic carbocycles. The molecule has 0 heterocycles. The van der Waals surface area contributed by atoms with E-state index in [9.17, 15) is 14.7 Å². The lowest BCUT2D eigenvalue weighted by Crippen LogP contribution is -2.69. The van der Waals surface area contributed by atoms with E-state index in [0.29, 0.717) is 42.2 Å². The number of hydrogen-bond donors (Lipinski definition) is 1. The molecular formula is C33H58BO3. The second kappa shape index (κ2) is 9.20. The number of rotatable bonds is 2. The van der Waals surface area contributed by atoms with Crippen molar-refractivity contribution in [1.29, 1.82) is 0 Å². The lowest BCUT2D eigenvalue weighted by atomic mass is 9.31. The molecule has 0 aromatic rings. The molecule has 37 heavy (non-hydrogen) atoms. The van der Waals surface area contributed by atoms with E-state index in [0.717, 1.165) is 44.9 Å². The second-order valence-electron chi connectivity index (χ2n) is 15.8. The molecule has 10 atom stereocenters. The Labute approximate surface area is 231 Å². The first-order valence-electron chi connectivity index (χ1n) is 14.8. The monoisotopic (exact) mass is 514 g/mol. The van der Waals surface area contributed by atoms with Crippen molar-refractivity contribution >= 4 is 20.0 Å². The van der Waals surface area contributed by atoms with Crippen molar-refractivity contribution in [2.75, 3.05) is 0 Å². The van der Waals surface area contributed by atoms with Gasteiger partial charge >= 0.3 is 0 Å². The molecule has 5 aliphatic carbocycles. The fraction of sp³-hybridized carbons (Fsp3) is 0.939. The maximum atomic E-state index is 14.4. The van der Waals surface area contributed by atoms with Crippen LogP contribution in [-0.2, 0) is 9.59 Å². The van der Waals surface area contributed by atoms with Crippen molar-refractivity contribution in [3.05, 3.63) is 0 Å². The molecular weight excluding hydrogens is 455 g/mol. The summed E-state index contributed by atoms with van der Waals surface area (Å²) in [6, 6.07) is 0. The van der Waals surface area contributed by atoms with E-state index in [2.05, 4.69) is 48.5 Å². The van der Waals surface area contributed by atoms with E-state index in [-0.39, 0.29) is 61.8 Å². The Morgan fingerprint density at radius 3 is 2.14 bits per heavy atom. The van der Waals surface area contributed by atoms with Crippen molar-refractivity contribution in [3.63, 3.8) is 0 Å². The first kappa shape index (κ1) is 30.9. The standard InChI is InChI=1S/C32H52O3.CH4.B.H2/c1-9-24(34)29(5)15-14-28(4)16-17-31(7)20(21(28)19-29)18-22(33)26-30(6)12-11-25(35)27(2,3)23(30)10-13-32(26,31)8;;;/h20-21,23,25-26,35H,9-19H2,1-8H3;1H4;;1H/t20?,21-,23+,25+,26-,28-,29+,30+,31-,32-;;;/m1.../s1/i;;;1+1. The minimum atomic E-state index is -0.265. The van der Waals surface area contributed by atoms with Crippen LogP contribution in [0.5, 0.6) is 0 Å². The maximum absolute atomic E-state index is 14.4. The molecule has 0 amide bonds. The summed E-state index contributed by atoms with van der Waals surface area (Å²) < 4.78 is 0. The summed E-state index contributed by atoms with van der Waals surface area (Å²) in [5.74, 6) is 2.28. The molecule has 3 nitrogen and oxygen atoms in total. The third-order valence-corrected chi connectivity index (χ3v) is 14.1. The number of hydrogen-bond acceptors (Lipinski definition) is 3. The molecule has 0 aliphatic heterocycles. The maximum Gasteiger partial charge on any atom is 0.138 e. The molecule has 5 saturated carbocycles. The number of carbonyl (C=O) groups is 2. The van der Waals surface area contributed by atoms with E-state index in [4.69, 9.17) is 0 Å². The van der Waals surface area contributed by atoms with Crippen LogP contribution >= 0.6 is 0 Å². The van der Waals surface area contributed by atoms with E-state index in [1.165, 1.54) is 12.8 Å². The Hall–Kier alpha value is -0.635. The smallest absolute Gasteiger partial charge is 0.138 e. The number of fused-ring (bicyclic) bond motifs is 7. The minimum Gasteiger partial charge on any atom is -0.393 e. The van der Waals surface area contributed by atoms with Gasteiger partial charge in [-0.25, -0.2) is 0 Å². The predicted molar refractivity (Wildman–Crippen MR) is 155 cm³/mol. The van der Waals surface area contributed by atoms with Gasteiger partial charge in [0, 0.05) is 34.0 Å². The summed E-state index contributed by atoms with van der Waals surface area (Å²) in [5, 5.41) is 10.9. The highest BCUT2D eigenvalue weighted by Gasteiger charge is 2.72. The van der Waals surface area contributed by atoms with E-state index in [1.807, 2.05) is 6.92 Å². The van der Waals surface area contributed by atoms with Crippen molar-refractivity contribution < 1.29 is 16.1 Å². The van der Waals surface area contributed by atoms with E-state index in [1.54, 1.807) is 0 Å². The molecule has 211 valence electrons. The van der Waals surface area contributed by atoms with Gasteiger partial charge in [-0.15, -0.1) is 0 Å². The van der Waals surface area contributed by atoms with Crippen LogP contribution in [-0.4, -0.2) is 31.2 Å². The average Bonchev–Trinajstić information content (AvgIpc) is 2.78. The third-order valence-electron chi connectivity index (χ3n) is 14.1. The van der Waals surface area contributed by atoms with Gasteiger partial charge in [0.15, 0.2) is 0 Å². The lowest BCUT2D eigenvalue weighted by molar-refractivity contribution is -0.242. The van der Waals surface area contributed by atoms with E-state index < -0.39 is 0 Å². The molecule has 0 spiro atoms. The Morgan fingerprint density at radius 1 is 0.892 bits per heavy atom. The van der Waals surface area contributed by atoms with Gasteiger partial charge in [-0.3, -0.25) is 9.59 Å². The molecule has 5 fully saturated rings. The summed E-state index contributed by atoms with van der Waals surface area (Å²) in [6.07, 6.45) is 10.7. The van der Waals surface area contributed by atoms with Gasteiger partial charge in [0.1, 0.15) is 11.6 Å². The van der Waals surface area contributed by atoms with Crippen LogP contribution < -0.4 is 0 Å². The molecule has 5 aliphatic rings. The Bertz CT molecular complexity index is 935. The SMILES string of the molecule is C.CCC(=O)[C@@]1(C)CC[C@]2(C)CC[C@]3(C)C(CC(=O)[C@@H]4[C@@]5(C)CC[C@H](O)C(C)(C)[C@@H]5CC[C@]43C)[C@H]2C1.[2HH].[B]. The van der Waals surface area contributed by atoms with Crippen molar-refractivity contribution in [3.8, 4) is 0 Å². The van der Waals surface area contributed by atoms with Crippen LogP contribution in [0.15, 0.2) is 0 Å². The zero-order chi connectivity index (χ0) is 25.8. The molecule has 0 bridgehead atoms. The summed E-state index contributed by atoms with van der Waals surface area (Å²) in [6.45, 7) is 18.7.